The van der Waals surface area contributed by atoms with Crippen LogP contribution in [0.1, 0.15) is 194 Å². The number of allylic oxidation sites excluding steroid dienone is 6. The van der Waals surface area contributed by atoms with Crippen LogP contribution in [0.4, 0.5) is 0 Å². The van der Waals surface area contributed by atoms with E-state index in [0.717, 1.165) is 96.3 Å². The fourth-order valence-corrected chi connectivity index (χ4v) is 9.70. The molecule has 8 N–H and O–H groups in total. The van der Waals surface area contributed by atoms with E-state index in [1.165, 1.54) is 57.8 Å². The van der Waals surface area contributed by atoms with Gasteiger partial charge >= 0.3 is 35.4 Å². The molecule has 404 valence electrons. The third kappa shape index (κ3) is 35.2. The maximum Gasteiger partial charge on any atom is 0.472 e. The van der Waals surface area contributed by atoms with Crippen molar-refractivity contribution in [3.8, 4) is 0 Å². The Bertz CT molecular complexity index is 1580. The van der Waals surface area contributed by atoms with Gasteiger partial charge in [0.15, 0.2) is 6.10 Å². The number of esters is 2. The first-order valence-corrected chi connectivity index (χ1v) is 29.8. The van der Waals surface area contributed by atoms with Gasteiger partial charge in [0.25, 0.3) is 0 Å². The second kappa shape index (κ2) is 38.9. The summed E-state index contributed by atoms with van der Waals surface area (Å²) in [6.45, 7) is 2.91. The van der Waals surface area contributed by atoms with Crippen molar-refractivity contribution in [3.63, 3.8) is 0 Å². The van der Waals surface area contributed by atoms with E-state index in [0.29, 0.717) is 12.8 Å². The Labute approximate surface area is 410 Å². The summed E-state index contributed by atoms with van der Waals surface area (Å²) < 4.78 is 65.5. The van der Waals surface area contributed by atoms with Gasteiger partial charge in [0.05, 0.1) is 6.61 Å². The molecule has 0 bridgehead atoms. The van der Waals surface area contributed by atoms with Crippen LogP contribution in [-0.4, -0.2) is 108 Å². The third-order valence-electron chi connectivity index (χ3n) is 11.4. The molecule has 1 aliphatic carbocycles. The van der Waals surface area contributed by atoms with Gasteiger partial charge in [-0.2, -0.15) is 0 Å². The Morgan fingerprint density at radius 3 is 1.32 bits per heavy atom. The van der Waals surface area contributed by atoms with Gasteiger partial charge in [-0.1, -0.05) is 147 Å². The molecule has 8 atom stereocenters. The van der Waals surface area contributed by atoms with Crippen molar-refractivity contribution in [3.05, 3.63) is 36.5 Å². The van der Waals surface area contributed by atoms with Crippen molar-refractivity contribution >= 4 is 35.4 Å². The first-order valence-electron chi connectivity index (χ1n) is 25.3. The fraction of sp³-hybridized carbons (Fsp3) is 0.830. The lowest BCUT2D eigenvalue weighted by molar-refractivity contribution is -0.213. The molecule has 19 nitrogen and oxygen atoms in total. The molecule has 22 heteroatoms. The van der Waals surface area contributed by atoms with Crippen LogP contribution in [0.5, 0.6) is 0 Å². The van der Waals surface area contributed by atoms with Gasteiger partial charge in [-0.25, -0.2) is 13.7 Å². The van der Waals surface area contributed by atoms with E-state index in [1.54, 1.807) is 0 Å². The highest BCUT2D eigenvalue weighted by atomic mass is 31.2. The lowest BCUT2D eigenvalue weighted by Gasteiger charge is -2.44. The molecule has 1 rings (SSSR count). The summed E-state index contributed by atoms with van der Waals surface area (Å²) >= 11 is 0. The van der Waals surface area contributed by atoms with Crippen LogP contribution in [-0.2, 0) is 50.9 Å². The molecule has 0 aliphatic heterocycles. The van der Waals surface area contributed by atoms with Gasteiger partial charge in [-0.3, -0.25) is 27.7 Å². The van der Waals surface area contributed by atoms with Gasteiger partial charge in [-0.15, -0.1) is 0 Å². The topological polar surface area (TPSA) is 303 Å². The Kier molecular flexibility index (Phi) is 36.9. The number of rotatable bonds is 43. The molecule has 0 aromatic carbocycles. The van der Waals surface area contributed by atoms with E-state index in [9.17, 15) is 63.1 Å². The standard InChI is InChI=1S/C47H87O19P3/c1-3-5-7-9-11-13-15-17-19-20-22-23-25-27-29-31-33-35-40(48)61-37-39(63-41(49)36-34-32-30-28-26-24-21-18-16-14-12-10-8-6-4-2)38-62-69(59,60)66-45-42(50)43(51)46(64-67(53,54)55)47(44(45)52)65-68(56,57)58/h12,14,17-19,21,39,42-47,50-52H,3-11,13,15-16,20,22-38H2,1-2H3,(H,59,60)(H2,53,54,55)(H2,56,57,58)/t39-,42?,43?,44?,45+,46?,47+/m1/s1. The largest absolute Gasteiger partial charge is 0.472 e. The van der Waals surface area contributed by atoms with Crippen molar-refractivity contribution in [2.24, 2.45) is 0 Å². The summed E-state index contributed by atoms with van der Waals surface area (Å²) in [5.41, 5.74) is 0. The summed E-state index contributed by atoms with van der Waals surface area (Å²) in [6, 6.07) is 0. The number of hydrogen-bond acceptors (Lipinski definition) is 14. The molecule has 0 saturated heterocycles. The first kappa shape index (κ1) is 65.4. The van der Waals surface area contributed by atoms with Crippen molar-refractivity contribution in [2.75, 3.05) is 13.2 Å². The molecule has 0 amide bonds. The maximum absolute atomic E-state index is 13.1. The van der Waals surface area contributed by atoms with Crippen LogP contribution in [0.2, 0.25) is 0 Å². The Morgan fingerprint density at radius 1 is 0.464 bits per heavy atom. The monoisotopic (exact) mass is 1050 g/mol. The van der Waals surface area contributed by atoms with Crippen LogP contribution in [0.15, 0.2) is 36.5 Å². The highest BCUT2D eigenvalue weighted by Crippen LogP contribution is 2.51. The highest BCUT2D eigenvalue weighted by molar-refractivity contribution is 7.47. The van der Waals surface area contributed by atoms with Gasteiger partial charge in [0.1, 0.15) is 43.2 Å². The summed E-state index contributed by atoms with van der Waals surface area (Å²) in [5.74, 6) is -1.32. The quantitative estimate of drug-likeness (QED) is 0.0122. The van der Waals surface area contributed by atoms with E-state index in [2.05, 4.69) is 59.4 Å². The van der Waals surface area contributed by atoms with Crippen molar-refractivity contribution in [2.45, 2.75) is 236 Å². The summed E-state index contributed by atoms with van der Waals surface area (Å²) in [5, 5.41) is 31.9. The Hall–Kier alpha value is -1.63. The molecular formula is C47H87O19P3. The van der Waals surface area contributed by atoms with E-state index < -0.39 is 91.3 Å². The minimum Gasteiger partial charge on any atom is -0.462 e. The highest BCUT2D eigenvalue weighted by Gasteiger charge is 2.56. The lowest BCUT2D eigenvalue weighted by Crippen LogP contribution is -2.65. The normalized spacial score (nSPS) is 21.6. The van der Waals surface area contributed by atoms with Crippen LogP contribution >= 0.6 is 23.5 Å². The van der Waals surface area contributed by atoms with Gasteiger partial charge in [-0.05, 0) is 70.6 Å². The Balaban J connectivity index is 2.71. The average Bonchev–Trinajstić information content (AvgIpc) is 3.28. The van der Waals surface area contributed by atoms with Crippen molar-refractivity contribution in [1.82, 2.24) is 0 Å². The van der Waals surface area contributed by atoms with Gasteiger partial charge in [0, 0.05) is 12.8 Å². The summed E-state index contributed by atoms with van der Waals surface area (Å²) in [6.07, 6.45) is 24.3. The zero-order chi connectivity index (χ0) is 51.4. The predicted molar refractivity (Wildman–Crippen MR) is 261 cm³/mol. The Morgan fingerprint density at radius 2 is 0.841 bits per heavy atom. The molecule has 1 saturated carbocycles. The van der Waals surface area contributed by atoms with Crippen molar-refractivity contribution < 1.29 is 90.6 Å². The van der Waals surface area contributed by atoms with Gasteiger partial charge < -0.3 is 49.3 Å². The van der Waals surface area contributed by atoms with E-state index >= 15 is 0 Å². The first-order chi connectivity index (χ1) is 32.8. The minimum absolute atomic E-state index is 0.0185. The number of aliphatic hydroxyl groups is 3. The molecule has 0 radical (unpaired) electrons. The zero-order valence-corrected chi connectivity index (χ0v) is 43.8. The smallest absolute Gasteiger partial charge is 0.462 e. The number of phosphoric acid groups is 3. The van der Waals surface area contributed by atoms with E-state index in [-0.39, 0.29) is 12.8 Å². The van der Waals surface area contributed by atoms with Crippen LogP contribution in [0.3, 0.4) is 0 Å². The molecule has 5 unspecified atom stereocenters. The number of hydrogen-bond donors (Lipinski definition) is 8. The number of phosphoric ester groups is 3. The van der Waals surface area contributed by atoms with Crippen LogP contribution in [0, 0.1) is 0 Å². The third-order valence-corrected chi connectivity index (χ3v) is 13.4. The molecule has 0 aromatic rings. The van der Waals surface area contributed by atoms with Crippen LogP contribution in [0.25, 0.3) is 0 Å². The second-order valence-corrected chi connectivity index (χ2v) is 21.5. The maximum atomic E-state index is 13.1. The molecule has 0 spiro atoms. The van der Waals surface area contributed by atoms with E-state index in [1.807, 2.05) is 0 Å². The lowest BCUT2D eigenvalue weighted by atomic mass is 9.85. The number of carbonyl (C=O) groups excluding carboxylic acids is 2. The molecular weight excluding hydrogens is 961 g/mol. The number of carbonyl (C=O) groups is 2. The summed E-state index contributed by atoms with van der Waals surface area (Å²) in [4.78, 5) is 73.3. The predicted octanol–water partition coefficient (Wildman–Crippen LogP) is 9.63. The molecule has 0 heterocycles. The number of unbranched alkanes of at least 4 members (excludes halogenated alkanes) is 21. The number of ether oxygens (including phenoxy) is 2. The summed E-state index contributed by atoms with van der Waals surface area (Å²) in [7, 11) is -16.6. The number of aliphatic hydroxyl groups excluding tert-OH is 3. The minimum atomic E-state index is -5.60. The molecule has 69 heavy (non-hydrogen) atoms. The van der Waals surface area contributed by atoms with E-state index in [4.69, 9.17) is 18.5 Å². The SMILES string of the molecule is CCCCCC=CCC=CCCCCCCCC(=O)O[C@H](COC(=O)CCCCCCCCCC=CCCCCCCCC)COP(=O)(O)O[C@H]1C(O)C(O)C(OP(=O)(O)O)[C@@H](OP(=O)(O)O)C1O. The fourth-order valence-electron chi connectivity index (χ4n) is 7.61. The molecule has 0 aromatic heterocycles. The van der Waals surface area contributed by atoms with Crippen molar-refractivity contribution in [1.29, 1.82) is 0 Å². The average molecular weight is 1050 g/mol. The van der Waals surface area contributed by atoms with Crippen LogP contribution < -0.4 is 0 Å². The molecule has 1 fully saturated rings. The second-order valence-electron chi connectivity index (χ2n) is 17.7. The van der Waals surface area contributed by atoms with Gasteiger partial charge in [0.2, 0.25) is 0 Å². The zero-order valence-electron chi connectivity index (χ0n) is 41.1. The molecule has 1 aliphatic rings.